The maximum Gasteiger partial charge on any atom is 0.310 e. The molecule has 0 bridgehead atoms. The van der Waals surface area contributed by atoms with Crippen LogP contribution < -0.4 is 5.32 Å². The molecule has 128 valence electrons. The van der Waals surface area contributed by atoms with Gasteiger partial charge in [0.25, 0.3) is 5.91 Å². The molecular formula is C20H20N2O3. The van der Waals surface area contributed by atoms with E-state index < -0.39 is 17.4 Å². The molecule has 2 aromatic rings. The minimum Gasteiger partial charge on any atom is -0.455 e. The van der Waals surface area contributed by atoms with Crippen molar-refractivity contribution < 1.29 is 14.3 Å². The van der Waals surface area contributed by atoms with E-state index in [0.717, 1.165) is 29.2 Å². The largest absolute Gasteiger partial charge is 0.455 e. The molecule has 1 aliphatic carbocycles. The van der Waals surface area contributed by atoms with Crippen molar-refractivity contribution in [1.29, 1.82) is 5.26 Å². The predicted octanol–water partition coefficient (Wildman–Crippen LogP) is 2.73. The molecule has 0 aliphatic heterocycles. The third-order valence-electron chi connectivity index (χ3n) is 4.60. The van der Waals surface area contributed by atoms with Crippen LogP contribution in [-0.4, -0.2) is 24.0 Å². The van der Waals surface area contributed by atoms with Crippen molar-refractivity contribution in [1.82, 2.24) is 5.32 Å². The number of nitrogens with one attached hydrogen (secondary N) is 1. The molecule has 1 amide bonds. The van der Waals surface area contributed by atoms with Crippen molar-refractivity contribution in [3.05, 3.63) is 48.0 Å². The van der Waals surface area contributed by atoms with Crippen LogP contribution in [0.3, 0.4) is 0 Å². The first-order valence-corrected chi connectivity index (χ1v) is 8.36. The number of benzene rings is 2. The molecule has 5 nitrogen and oxygen atoms in total. The van der Waals surface area contributed by atoms with Crippen molar-refractivity contribution in [2.45, 2.75) is 31.7 Å². The van der Waals surface area contributed by atoms with Crippen molar-refractivity contribution in [3.63, 3.8) is 0 Å². The van der Waals surface area contributed by atoms with Crippen LogP contribution in [0.4, 0.5) is 0 Å². The first kappa shape index (κ1) is 17.0. The highest BCUT2D eigenvalue weighted by Crippen LogP contribution is 2.39. The second kappa shape index (κ2) is 6.94. The Morgan fingerprint density at radius 1 is 1.24 bits per heavy atom. The fraction of sp³-hybridized carbons (Fsp3) is 0.350. The Morgan fingerprint density at radius 3 is 2.68 bits per heavy atom. The van der Waals surface area contributed by atoms with Gasteiger partial charge in [0.2, 0.25) is 0 Å². The lowest BCUT2D eigenvalue weighted by atomic mass is 9.98. The second-order valence-corrected chi connectivity index (χ2v) is 6.61. The quantitative estimate of drug-likeness (QED) is 0.823. The van der Waals surface area contributed by atoms with Gasteiger partial charge in [-0.05, 0) is 42.0 Å². The van der Waals surface area contributed by atoms with Crippen LogP contribution in [-0.2, 0) is 20.7 Å². The molecule has 1 atom stereocenters. The molecule has 0 spiro atoms. The van der Waals surface area contributed by atoms with Gasteiger partial charge < -0.3 is 10.1 Å². The molecule has 1 aliphatic rings. The van der Waals surface area contributed by atoms with E-state index in [9.17, 15) is 14.9 Å². The third kappa shape index (κ3) is 3.97. The fourth-order valence-electron chi connectivity index (χ4n) is 3.01. The van der Waals surface area contributed by atoms with Gasteiger partial charge >= 0.3 is 5.97 Å². The Bertz CT molecular complexity index is 846. The molecule has 1 fully saturated rings. The molecule has 1 saturated carbocycles. The third-order valence-corrected chi connectivity index (χ3v) is 4.60. The van der Waals surface area contributed by atoms with Gasteiger partial charge in [0.15, 0.2) is 6.61 Å². The number of hydrogen-bond acceptors (Lipinski definition) is 4. The smallest absolute Gasteiger partial charge is 0.310 e. The van der Waals surface area contributed by atoms with Crippen molar-refractivity contribution in [2.75, 3.05) is 6.61 Å². The van der Waals surface area contributed by atoms with Gasteiger partial charge in [-0.15, -0.1) is 0 Å². The van der Waals surface area contributed by atoms with Gasteiger partial charge in [-0.2, -0.15) is 5.26 Å². The summed E-state index contributed by atoms with van der Waals surface area (Å²) in [5.74, 6) is -0.716. The number of esters is 1. The lowest BCUT2D eigenvalue weighted by Gasteiger charge is -2.22. The maximum absolute atomic E-state index is 12.1. The Morgan fingerprint density at radius 2 is 1.96 bits per heavy atom. The summed E-state index contributed by atoms with van der Waals surface area (Å²) in [4.78, 5) is 24.1. The summed E-state index contributed by atoms with van der Waals surface area (Å²) in [6.45, 7) is 1.34. The molecule has 3 rings (SSSR count). The summed E-state index contributed by atoms with van der Waals surface area (Å²) in [6.07, 6.45) is 1.98. The van der Waals surface area contributed by atoms with E-state index >= 15 is 0 Å². The number of amides is 1. The molecule has 5 heteroatoms. The van der Waals surface area contributed by atoms with E-state index in [2.05, 4.69) is 11.4 Å². The number of rotatable bonds is 6. The molecular weight excluding hydrogens is 316 g/mol. The molecule has 0 unspecified atom stereocenters. The second-order valence-electron chi connectivity index (χ2n) is 6.61. The topological polar surface area (TPSA) is 79.2 Å². The first-order valence-electron chi connectivity index (χ1n) is 8.36. The van der Waals surface area contributed by atoms with Gasteiger partial charge in [0.05, 0.1) is 12.5 Å². The maximum atomic E-state index is 12.1. The van der Waals surface area contributed by atoms with E-state index in [1.807, 2.05) is 42.5 Å². The van der Waals surface area contributed by atoms with Crippen molar-refractivity contribution in [2.24, 2.45) is 5.92 Å². The van der Waals surface area contributed by atoms with Crippen LogP contribution in [0.25, 0.3) is 10.8 Å². The van der Waals surface area contributed by atoms with E-state index in [1.165, 1.54) is 0 Å². The highest BCUT2D eigenvalue weighted by molar-refractivity contribution is 5.89. The molecule has 25 heavy (non-hydrogen) atoms. The SMILES string of the molecule is C[C@](C#N)(NC(=O)COC(=O)Cc1cccc2ccccc12)C1CC1. The standard InChI is InChI=1S/C20H20N2O3/c1-20(13-21,16-9-10-16)22-18(23)12-25-19(24)11-15-7-4-6-14-5-2-3-8-17(14)15/h2-8,16H,9-12H2,1H3,(H,22,23)/t20-/m1/s1. The highest BCUT2D eigenvalue weighted by Gasteiger charge is 2.43. The summed E-state index contributed by atoms with van der Waals surface area (Å²) in [6, 6.07) is 15.7. The molecule has 1 N–H and O–H groups in total. The van der Waals surface area contributed by atoms with Crippen LogP contribution in [0.2, 0.25) is 0 Å². The normalized spacial score (nSPS) is 15.8. The summed E-state index contributed by atoms with van der Waals surface area (Å²) >= 11 is 0. The number of carbonyl (C=O) groups excluding carboxylic acids is 2. The van der Waals surface area contributed by atoms with Crippen molar-refractivity contribution in [3.8, 4) is 6.07 Å². The van der Waals surface area contributed by atoms with Gasteiger partial charge in [0.1, 0.15) is 5.54 Å². The molecule has 0 aromatic heterocycles. The Balaban J connectivity index is 1.56. The number of nitrogens with zero attached hydrogens (tertiary/aromatic N) is 1. The lowest BCUT2D eigenvalue weighted by Crippen LogP contribution is -2.48. The molecule has 0 saturated heterocycles. The molecule has 0 radical (unpaired) electrons. The van der Waals surface area contributed by atoms with Gasteiger partial charge in [-0.1, -0.05) is 42.5 Å². The van der Waals surface area contributed by atoms with Gasteiger partial charge in [-0.25, -0.2) is 0 Å². The minimum absolute atomic E-state index is 0.104. The number of carbonyl (C=O) groups is 2. The molecule has 0 heterocycles. The fourth-order valence-corrected chi connectivity index (χ4v) is 3.01. The lowest BCUT2D eigenvalue weighted by molar-refractivity contribution is -0.148. The van der Waals surface area contributed by atoms with Crippen LogP contribution in [0.1, 0.15) is 25.3 Å². The average molecular weight is 336 g/mol. The predicted molar refractivity (Wildman–Crippen MR) is 93.5 cm³/mol. The molecule has 2 aromatic carbocycles. The zero-order valence-corrected chi connectivity index (χ0v) is 14.1. The number of fused-ring (bicyclic) bond motifs is 1. The van der Waals surface area contributed by atoms with E-state index in [0.29, 0.717) is 0 Å². The summed E-state index contributed by atoms with van der Waals surface area (Å²) in [7, 11) is 0. The first-order chi connectivity index (χ1) is 12.0. The summed E-state index contributed by atoms with van der Waals surface area (Å²) in [5.41, 5.74) is -0.0117. The van der Waals surface area contributed by atoms with E-state index in [4.69, 9.17) is 4.74 Å². The number of nitriles is 1. The van der Waals surface area contributed by atoms with Crippen molar-refractivity contribution >= 4 is 22.6 Å². The minimum atomic E-state index is -0.876. The number of hydrogen-bond donors (Lipinski definition) is 1. The highest BCUT2D eigenvalue weighted by atomic mass is 16.5. The van der Waals surface area contributed by atoms with Crippen LogP contribution >= 0.6 is 0 Å². The zero-order chi connectivity index (χ0) is 17.9. The average Bonchev–Trinajstić information content (AvgIpc) is 3.46. The van der Waals surface area contributed by atoms with Gasteiger partial charge in [-0.3, -0.25) is 9.59 Å². The monoisotopic (exact) mass is 336 g/mol. The van der Waals surface area contributed by atoms with Crippen LogP contribution in [0.5, 0.6) is 0 Å². The van der Waals surface area contributed by atoms with Gasteiger partial charge in [0, 0.05) is 0 Å². The summed E-state index contributed by atoms with van der Waals surface area (Å²) < 4.78 is 5.09. The number of ether oxygens (including phenoxy) is 1. The van der Waals surface area contributed by atoms with E-state index in [1.54, 1.807) is 6.92 Å². The summed E-state index contributed by atoms with van der Waals surface area (Å²) in [5, 5.41) is 14.0. The van der Waals surface area contributed by atoms with Crippen LogP contribution in [0, 0.1) is 17.2 Å². The Kier molecular flexibility index (Phi) is 4.71. The Labute approximate surface area is 146 Å². The zero-order valence-electron chi connectivity index (χ0n) is 14.1. The van der Waals surface area contributed by atoms with Crippen LogP contribution in [0.15, 0.2) is 42.5 Å². The Hall–Kier alpha value is -2.87. The van der Waals surface area contributed by atoms with E-state index in [-0.39, 0.29) is 18.9 Å².